The third-order valence-electron chi connectivity index (χ3n) is 3.62. The number of carbonyl (C=O) groups is 2. The maximum Gasteiger partial charge on any atom is 0.319 e. The molecule has 0 saturated carbocycles. The standard InChI is InChI=1S/C15H22N4O2/c1-18(2)15(21)19-9-5-6-12(11-19)14(20)17-10-13-7-3-4-8-16-13/h3-4,7-8,12H,5-6,9-11H2,1-2H3,(H,17,20)/t12-/m0/s1. The van der Waals surface area contributed by atoms with Crippen LogP contribution in [0.1, 0.15) is 18.5 Å². The summed E-state index contributed by atoms with van der Waals surface area (Å²) in [6.45, 7) is 1.64. The molecule has 1 aliphatic rings. The van der Waals surface area contributed by atoms with Crippen LogP contribution in [0.5, 0.6) is 0 Å². The van der Waals surface area contributed by atoms with Crippen LogP contribution in [0.2, 0.25) is 0 Å². The molecule has 1 aromatic rings. The van der Waals surface area contributed by atoms with Gasteiger partial charge >= 0.3 is 6.03 Å². The van der Waals surface area contributed by atoms with Gasteiger partial charge in [0.2, 0.25) is 5.91 Å². The summed E-state index contributed by atoms with van der Waals surface area (Å²) in [6.07, 6.45) is 3.39. The molecule has 1 aromatic heterocycles. The van der Waals surface area contributed by atoms with Crippen LogP contribution in [0.25, 0.3) is 0 Å². The van der Waals surface area contributed by atoms with Crippen molar-refractivity contribution in [1.29, 1.82) is 0 Å². The highest BCUT2D eigenvalue weighted by Gasteiger charge is 2.28. The molecule has 1 aliphatic heterocycles. The van der Waals surface area contributed by atoms with Crippen LogP contribution in [-0.2, 0) is 11.3 Å². The third-order valence-corrected chi connectivity index (χ3v) is 3.62. The van der Waals surface area contributed by atoms with Gasteiger partial charge in [-0.25, -0.2) is 4.79 Å². The average molecular weight is 290 g/mol. The highest BCUT2D eigenvalue weighted by atomic mass is 16.2. The number of likely N-dealkylation sites (tertiary alicyclic amines) is 1. The second kappa shape index (κ2) is 7.06. The Bertz CT molecular complexity index is 490. The second-order valence-corrected chi connectivity index (χ2v) is 5.50. The van der Waals surface area contributed by atoms with E-state index < -0.39 is 0 Å². The minimum Gasteiger partial charge on any atom is -0.350 e. The van der Waals surface area contributed by atoms with Crippen LogP contribution in [-0.4, -0.2) is 53.9 Å². The quantitative estimate of drug-likeness (QED) is 0.906. The van der Waals surface area contributed by atoms with E-state index in [1.807, 2.05) is 18.2 Å². The predicted octanol–water partition coefficient (Wildman–Crippen LogP) is 1.09. The van der Waals surface area contributed by atoms with Gasteiger partial charge in [0.15, 0.2) is 0 Å². The van der Waals surface area contributed by atoms with E-state index >= 15 is 0 Å². The van der Waals surface area contributed by atoms with Crippen molar-refractivity contribution >= 4 is 11.9 Å². The van der Waals surface area contributed by atoms with Crippen LogP contribution < -0.4 is 5.32 Å². The summed E-state index contributed by atoms with van der Waals surface area (Å²) in [5.74, 6) is -0.136. The maximum atomic E-state index is 12.2. The number of nitrogens with zero attached hydrogens (tertiary/aromatic N) is 3. The summed E-state index contributed by atoms with van der Waals surface area (Å²) in [4.78, 5) is 31.6. The molecular weight excluding hydrogens is 268 g/mol. The molecule has 1 fully saturated rings. The Balaban J connectivity index is 1.86. The van der Waals surface area contributed by atoms with Crippen LogP contribution in [0.3, 0.4) is 0 Å². The molecule has 2 rings (SSSR count). The van der Waals surface area contributed by atoms with Crippen LogP contribution in [0.4, 0.5) is 4.79 Å². The number of aromatic nitrogens is 1. The Morgan fingerprint density at radius 3 is 2.90 bits per heavy atom. The van der Waals surface area contributed by atoms with Crippen LogP contribution >= 0.6 is 0 Å². The van der Waals surface area contributed by atoms with Crippen molar-refractivity contribution in [2.75, 3.05) is 27.2 Å². The van der Waals surface area contributed by atoms with Gasteiger partial charge in [0.25, 0.3) is 0 Å². The van der Waals surface area contributed by atoms with E-state index in [0.717, 1.165) is 25.1 Å². The number of rotatable bonds is 3. The minimum absolute atomic E-state index is 0.00286. The minimum atomic E-state index is -0.133. The second-order valence-electron chi connectivity index (χ2n) is 5.50. The van der Waals surface area contributed by atoms with Crippen molar-refractivity contribution in [2.24, 2.45) is 5.92 Å². The third kappa shape index (κ3) is 4.18. The van der Waals surface area contributed by atoms with Gasteiger partial charge < -0.3 is 15.1 Å². The van der Waals surface area contributed by atoms with Gasteiger partial charge in [0, 0.05) is 33.4 Å². The summed E-state index contributed by atoms with van der Waals surface area (Å²) < 4.78 is 0. The highest BCUT2D eigenvalue weighted by Crippen LogP contribution is 2.17. The Hall–Kier alpha value is -2.11. The molecule has 6 nitrogen and oxygen atoms in total. The van der Waals surface area contributed by atoms with Gasteiger partial charge in [0.05, 0.1) is 18.2 Å². The topological polar surface area (TPSA) is 65.5 Å². The maximum absolute atomic E-state index is 12.2. The number of hydrogen-bond donors (Lipinski definition) is 1. The molecule has 3 amide bonds. The van der Waals surface area contributed by atoms with Gasteiger partial charge in [-0.3, -0.25) is 9.78 Å². The van der Waals surface area contributed by atoms with Crippen molar-refractivity contribution in [2.45, 2.75) is 19.4 Å². The number of urea groups is 1. The molecule has 1 N–H and O–H groups in total. The molecule has 0 spiro atoms. The van der Waals surface area contributed by atoms with Gasteiger partial charge in [-0.1, -0.05) is 6.07 Å². The molecule has 6 heteroatoms. The zero-order chi connectivity index (χ0) is 15.2. The molecule has 0 bridgehead atoms. The van der Waals surface area contributed by atoms with Crippen molar-refractivity contribution in [3.8, 4) is 0 Å². The first-order chi connectivity index (χ1) is 10.1. The Morgan fingerprint density at radius 1 is 1.43 bits per heavy atom. The summed E-state index contributed by atoms with van der Waals surface area (Å²) in [6, 6.07) is 5.59. The summed E-state index contributed by atoms with van der Waals surface area (Å²) in [5, 5.41) is 2.90. The normalized spacial score (nSPS) is 18.2. The van der Waals surface area contributed by atoms with Crippen LogP contribution in [0.15, 0.2) is 24.4 Å². The molecule has 0 radical (unpaired) electrons. The predicted molar refractivity (Wildman–Crippen MR) is 79.5 cm³/mol. The lowest BCUT2D eigenvalue weighted by Crippen LogP contribution is -2.48. The van der Waals surface area contributed by atoms with Gasteiger partial charge in [-0.2, -0.15) is 0 Å². The van der Waals surface area contributed by atoms with E-state index in [1.54, 1.807) is 30.1 Å². The monoisotopic (exact) mass is 290 g/mol. The van der Waals surface area contributed by atoms with E-state index in [9.17, 15) is 9.59 Å². The largest absolute Gasteiger partial charge is 0.350 e. The van der Waals surface area contributed by atoms with Crippen LogP contribution in [0, 0.1) is 5.92 Å². The zero-order valence-electron chi connectivity index (χ0n) is 12.6. The number of piperidine rings is 1. The first-order valence-electron chi connectivity index (χ1n) is 7.22. The number of pyridine rings is 1. The molecule has 0 aromatic carbocycles. The first kappa shape index (κ1) is 15.3. The number of amides is 3. The van der Waals surface area contributed by atoms with Gasteiger partial charge in [-0.15, -0.1) is 0 Å². The molecule has 114 valence electrons. The Labute approximate surface area is 125 Å². The number of nitrogens with one attached hydrogen (secondary N) is 1. The lowest BCUT2D eigenvalue weighted by Gasteiger charge is -2.33. The molecule has 0 aliphatic carbocycles. The van der Waals surface area contributed by atoms with E-state index in [0.29, 0.717) is 13.1 Å². The molecule has 1 atom stereocenters. The molecular formula is C15H22N4O2. The average Bonchev–Trinajstić information content (AvgIpc) is 2.53. The van der Waals surface area contributed by atoms with E-state index in [-0.39, 0.29) is 17.9 Å². The van der Waals surface area contributed by atoms with E-state index in [4.69, 9.17) is 0 Å². The highest BCUT2D eigenvalue weighted by molar-refractivity contribution is 5.80. The van der Waals surface area contributed by atoms with Crippen molar-refractivity contribution in [3.63, 3.8) is 0 Å². The molecule has 21 heavy (non-hydrogen) atoms. The van der Waals surface area contributed by atoms with Gasteiger partial charge in [-0.05, 0) is 25.0 Å². The fourth-order valence-corrected chi connectivity index (χ4v) is 2.47. The Morgan fingerprint density at radius 2 is 2.24 bits per heavy atom. The number of carbonyl (C=O) groups excluding carboxylic acids is 2. The zero-order valence-corrected chi connectivity index (χ0v) is 12.6. The van der Waals surface area contributed by atoms with E-state index in [1.165, 1.54) is 0 Å². The van der Waals surface area contributed by atoms with Crippen molar-refractivity contribution < 1.29 is 9.59 Å². The fraction of sp³-hybridized carbons (Fsp3) is 0.533. The lowest BCUT2D eigenvalue weighted by atomic mass is 9.97. The SMILES string of the molecule is CN(C)C(=O)N1CCC[C@H](C(=O)NCc2ccccn2)C1. The van der Waals surface area contributed by atoms with E-state index in [2.05, 4.69) is 10.3 Å². The smallest absolute Gasteiger partial charge is 0.319 e. The summed E-state index contributed by atoms with van der Waals surface area (Å²) >= 11 is 0. The molecule has 2 heterocycles. The first-order valence-corrected chi connectivity index (χ1v) is 7.22. The molecule has 1 saturated heterocycles. The van der Waals surface area contributed by atoms with Crippen molar-refractivity contribution in [3.05, 3.63) is 30.1 Å². The Kier molecular flexibility index (Phi) is 5.14. The summed E-state index contributed by atoms with van der Waals surface area (Å²) in [5.41, 5.74) is 0.836. The fourth-order valence-electron chi connectivity index (χ4n) is 2.47. The van der Waals surface area contributed by atoms with Gasteiger partial charge in [0.1, 0.15) is 0 Å². The lowest BCUT2D eigenvalue weighted by molar-refractivity contribution is -0.126. The van der Waals surface area contributed by atoms with Crippen molar-refractivity contribution in [1.82, 2.24) is 20.1 Å². The molecule has 0 unspecified atom stereocenters. The summed E-state index contributed by atoms with van der Waals surface area (Å²) in [7, 11) is 3.46. The number of hydrogen-bond acceptors (Lipinski definition) is 3.